The van der Waals surface area contributed by atoms with Crippen molar-refractivity contribution in [2.75, 3.05) is 26.4 Å². The van der Waals surface area contributed by atoms with Gasteiger partial charge in [-0.1, -0.05) is 30.3 Å². The Morgan fingerprint density at radius 2 is 1.70 bits per heavy atom. The zero-order valence-corrected chi connectivity index (χ0v) is 18.3. The molecule has 0 heterocycles. The van der Waals surface area contributed by atoms with Gasteiger partial charge < -0.3 is 14.8 Å². The van der Waals surface area contributed by atoms with Crippen molar-refractivity contribution in [1.82, 2.24) is 10.0 Å². The lowest BCUT2D eigenvalue weighted by atomic mass is 10.1. The molecule has 0 aliphatic heterocycles. The number of ether oxygens (including phenoxy) is 2. The van der Waals surface area contributed by atoms with Crippen molar-refractivity contribution < 1.29 is 22.7 Å². The zero-order chi connectivity index (χ0) is 21.8. The molecule has 1 amide bonds. The van der Waals surface area contributed by atoms with Crippen LogP contribution in [0.4, 0.5) is 0 Å². The number of rotatable bonds is 13. The Labute approximate surface area is 178 Å². The van der Waals surface area contributed by atoms with Gasteiger partial charge in [-0.05, 0) is 56.5 Å². The van der Waals surface area contributed by atoms with E-state index in [1.807, 2.05) is 44.2 Å². The summed E-state index contributed by atoms with van der Waals surface area (Å²) >= 11 is 0. The second-order valence-corrected chi connectivity index (χ2v) is 8.32. The first-order chi connectivity index (χ1) is 14.5. The molecule has 2 aromatic carbocycles. The first kappa shape index (κ1) is 23.9. The highest BCUT2D eigenvalue weighted by Gasteiger charge is 2.26. The molecule has 0 fully saturated rings. The molecule has 0 saturated carbocycles. The molecule has 7 nitrogen and oxygen atoms in total. The van der Waals surface area contributed by atoms with E-state index in [2.05, 4.69) is 10.0 Å². The first-order valence-electron chi connectivity index (χ1n) is 10.1. The van der Waals surface area contributed by atoms with Crippen molar-refractivity contribution >= 4 is 15.9 Å². The molecule has 30 heavy (non-hydrogen) atoms. The third-order valence-corrected chi connectivity index (χ3v) is 5.80. The van der Waals surface area contributed by atoms with Crippen LogP contribution in [0, 0.1) is 0 Å². The molecule has 2 rings (SSSR count). The van der Waals surface area contributed by atoms with Crippen molar-refractivity contribution in [2.24, 2.45) is 0 Å². The van der Waals surface area contributed by atoms with Crippen molar-refractivity contribution in [3.05, 3.63) is 60.2 Å². The van der Waals surface area contributed by atoms with E-state index in [-0.39, 0.29) is 17.2 Å². The van der Waals surface area contributed by atoms with Crippen LogP contribution in [-0.2, 0) is 26.0 Å². The zero-order valence-electron chi connectivity index (χ0n) is 17.5. The van der Waals surface area contributed by atoms with Crippen molar-refractivity contribution in [3.8, 4) is 5.75 Å². The number of benzene rings is 2. The first-order valence-corrected chi connectivity index (χ1v) is 11.6. The molecule has 0 saturated heterocycles. The van der Waals surface area contributed by atoms with E-state index in [0.29, 0.717) is 38.5 Å². The average molecular weight is 435 g/mol. The predicted octanol–water partition coefficient (Wildman–Crippen LogP) is 2.52. The maximum absolute atomic E-state index is 12.9. The van der Waals surface area contributed by atoms with Gasteiger partial charge in [0.25, 0.3) is 0 Å². The van der Waals surface area contributed by atoms with Crippen LogP contribution >= 0.6 is 0 Å². The number of hydrogen-bond acceptors (Lipinski definition) is 5. The summed E-state index contributed by atoms with van der Waals surface area (Å²) in [6.45, 7) is 5.82. The number of amides is 1. The van der Waals surface area contributed by atoms with Gasteiger partial charge in [0.1, 0.15) is 11.8 Å². The Balaban J connectivity index is 2.11. The molecule has 1 unspecified atom stereocenters. The SMILES string of the molecule is CCOCCCNC(=O)C(Cc1ccccc1)NS(=O)(=O)c1ccc(OCC)cc1. The lowest BCUT2D eigenvalue weighted by Gasteiger charge is -2.19. The van der Waals surface area contributed by atoms with E-state index in [1.165, 1.54) is 12.1 Å². The maximum Gasteiger partial charge on any atom is 0.241 e. The highest BCUT2D eigenvalue weighted by atomic mass is 32.2. The topological polar surface area (TPSA) is 93.7 Å². The van der Waals surface area contributed by atoms with E-state index >= 15 is 0 Å². The van der Waals surface area contributed by atoms with Gasteiger partial charge in [0.2, 0.25) is 15.9 Å². The van der Waals surface area contributed by atoms with Crippen LogP contribution in [0.1, 0.15) is 25.8 Å². The second-order valence-electron chi connectivity index (χ2n) is 6.61. The Morgan fingerprint density at radius 1 is 1.00 bits per heavy atom. The molecule has 2 aromatic rings. The Hall–Kier alpha value is -2.42. The fourth-order valence-corrected chi connectivity index (χ4v) is 4.02. The summed E-state index contributed by atoms with van der Waals surface area (Å²) in [6, 6.07) is 14.5. The van der Waals surface area contributed by atoms with E-state index in [0.717, 1.165) is 5.56 Å². The van der Waals surface area contributed by atoms with E-state index in [4.69, 9.17) is 9.47 Å². The van der Waals surface area contributed by atoms with Gasteiger partial charge >= 0.3 is 0 Å². The lowest BCUT2D eigenvalue weighted by Crippen LogP contribution is -2.48. The highest BCUT2D eigenvalue weighted by molar-refractivity contribution is 7.89. The van der Waals surface area contributed by atoms with Gasteiger partial charge in [0.15, 0.2) is 0 Å². The van der Waals surface area contributed by atoms with Gasteiger partial charge in [-0.15, -0.1) is 0 Å². The fourth-order valence-electron chi connectivity index (χ4n) is 2.83. The smallest absolute Gasteiger partial charge is 0.241 e. The Kier molecular flexibility index (Phi) is 9.79. The molecule has 0 aliphatic carbocycles. The van der Waals surface area contributed by atoms with Gasteiger partial charge in [-0.3, -0.25) is 4.79 Å². The van der Waals surface area contributed by atoms with Crippen molar-refractivity contribution in [1.29, 1.82) is 0 Å². The molecule has 0 bridgehead atoms. The van der Waals surface area contributed by atoms with Crippen LogP contribution in [0.5, 0.6) is 5.75 Å². The maximum atomic E-state index is 12.9. The van der Waals surface area contributed by atoms with E-state index in [9.17, 15) is 13.2 Å². The molecule has 2 N–H and O–H groups in total. The highest BCUT2D eigenvalue weighted by Crippen LogP contribution is 2.17. The van der Waals surface area contributed by atoms with Crippen LogP contribution in [-0.4, -0.2) is 46.7 Å². The summed E-state index contributed by atoms with van der Waals surface area (Å²) in [7, 11) is -3.89. The van der Waals surface area contributed by atoms with E-state index in [1.54, 1.807) is 12.1 Å². The molecular weight excluding hydrogens is 404 g/mol. The predicted molar refractivity (Wildman–Crippen MR) is 116 cm³/mol. The standard InChI is InChI=1S/C22H30N2O5S/c1-3-28-16-8-15-23-22(25)21(17-18-9-6-5-7-10-18)24-30(26,27)20-13-11-19(12-14-20)29-4-2/h5-7,9-14,21,24H,3-4,8,15-17H2,1-2H3,(H,23,25). The quantitative estimate of drug-likeness (QED) is 0.473. The molecule has 0 aromatic heterocycles. The summed E-state index contributed by atoms with van der Waals surface area (Å²) in [5, 5.41) is 2.80. The minimum Gasteiger partial charge on any atom is -0.494 e. The van der Waals surface area contributed by atoms with Gasteiger partial charge in [0.05, 0.1) is 11.5 Å². The van der Waals surface area contributed by atoms with Gasteiger partial charge in [0, 0.05) is 19.8 Å². The normalized spacial score (nSPS) is 12.3. The third-order valence-electron chi connectivity index (χ3n) is 4.31. The Morgan fingerprint density at radius 3 is 2.33 bits per heavy atom. The lowest BCUT2D eigenvalue weighted by molar-refractivity contribution is -0.122. The largest absolute Gasteiger partial charge is 0.494 e. The monoisotopic (exact) mass is 434 g/mol. The number of carbonyl (C=O) groups excluding carboxylic acids is 1. The van der Waals surface area contributed by atoms with Crippen LogP contribution < -0.4 is 14.8 Å². The molecular formula is C22H30N2O5S. The van der Waals surface area contributed by atoms with Crippen molar-refractivity contribution in [2.45, 2.75) is 37.6 Å². The number of nitrogens with one attached hydrogen (secondary N) is 2. The number of sulfonamides is 1. The van der Waals surface area contributed by atoms with E-state index < -0.39 is 16.1 Å². The average Bonchev–Trinajstić information content (AvgIpc) is 2.74. The molecule has 8 heteroatoms. The summed E-state index contributed by atoms with van der Waals surface area (Å²) in [5.41, 5.74) is 0.862. The number of carbonyl (C=O) groups is 1. The van der Waals surface area contributed by atoms with Crippen LogP contribution in [0.25, 0.3) is 0 Å². The van der Waals surface area contributed by atoms with Gasteiger partial charge in [-0.25, -0.2) is 8.42 Å². The second kappa shape index (κ2) is 12.3. The number of hydrogen-bond donors (Lipinski definition) is 2. The molecule has 164 valence electrons. The van der Waals surface area contributed by atoms with Crippen LogP contribution in [0.2, 0.25) is 0 Å². The molecule has 0 aliphatic rings. The van der Waals surface area contributed by atoms with Crippen LogP contribution in [0.15, 0.2) is 59.5 Å². The van der Waals surface area contributed by atoms with Crippen LogP contribution in [0.3, 0.4) is 0 Å². The molecule has 0 radical (unpaired) electrons. The fraction of sp³-hybridized carbons (Fsp3) is 0.409. The van der Waals surface area contributed by atoms with Gasteiger partial charge in [-0.2, -0.15) is 4.72 Å². The van der Waals surface area contributed by atoms with Crippen molar-refractivity contribution in [3.63, 3.8) is 0 Å². The molecule has 1 atom stereocenters. The Bertz CT molecular complexity index is 870. The molecule has 0 spiro atoms. The summed E-state index contributed by atoms with van der Waals surface area (Å²) in [6.07, 6.45) is 0.900. The minimum atomic E-state index is -3.89. The summed E-state index contributed by atoms with van der Waals surface area (Å²) < 4.78 is 38.9. The third kappa shape index (κ3) is 7.78. The minimum absolute atomic E-state index is 0.0770. The summed E-state index contributed by atoms with van der Waals surface area (Å²) in [4.78, 5) is 12.8. The summed E-state index contributed by atoms with van der Waals surface area (Å²) in [5.74, 6) is 0.217.